The van der Waals surface area contributed by atoms with Crippen LogP contribution < -0.4 is 4.74 Å². The molecule has 2 aromatic rings. The number of nitrogens with zero attached hydrogens (tertiary/aromatic N) is 5. The zero-order chi connectivity index (χ0) is 20.3. The average Bonchev–Trinajstić information content (AvgIpc) is 3.31. The second-order valence-corrected chi connectivity index (χ2v) is 9.10. The lowest BCUT2D eigenvalue weighted by atomic mass is 9.83. The summed E-state index contributed by atoms with van der Waals surface area (Å²) in [4.78, 5) is 14.8. The van der Waals surface area contributed by atoms with E-state index in [4.69, 9.17) is 4.74 Å². The van der Waals surface area contributed by atoms with Crippen LogP contribution in [-0.2, 0) is 7.05 Å². The number of amides is 1. The van der Waals surface area contributed by atoms with Crippen molar-refractivity contribution in [2.24, 2.45) is 7.05 Å². The highest BCUT2D eigenvalue weighted by Crippen LogP contribution is 2.44. The molecule has 2 aliphatic heterocycles. The Morgan fingerprint density at radius 1 is 1.28 bits per heavy atom. The molecular weight excluding hydrogens is 370 g/mol. The first-order valence-corrected chi connectivity index (χ1v) is 10.6. The monoisotopic (exact) mass is 399 g/mol. The smallest absolute Gasteiger partial charge is 0.274 e. The SMILES string of the molecule is CC(C)n1cc2c(n1)C(O)CC1(CCN(C(=O)c3cc(C4CC4)n(C)n3)CC1)O2. The first-order chi connectivity index (χ1) is 13.8. The Hall–Kier alpha value is -2.35. The fraction of sp³-hybridized carbons (Fsp3) is 0.667. The number of aromatic nitrogens is 4. The van der Waals surface area contributed by atoms with E-state index in [1.165, 1.54) is 12.8 Å². The number of piperidine rings is 1. The second-order valence-electron chi connectivity index (χ2n) is 9.10. The minimum atomic E-state index is -0.627. The summed E-state index contributed by atoms with van der Waals surface area (Å²) >= 11 is 0. The van der Waals surface area contributed by atoms with Gasteiger partial charge in [0.15, 0.2) is 11.4 Å². The lowest BCUT2D eigenvalue weighted by molar-refractivity contribution is -0.0505. The standard InChI is InChI=1S/C21H29N5O3/c1-13(2)26-12-18-19(23-26)17(27)11-21(29-18)6-8-25(9-7-21)20(28)15-10-16(14-4-5-14)24(3)22-15/h10,12-14,17,27H,4-9,11H2,1-3H3. The summed E-state index contributed by atoms with van der Waals surface area (Å²) in [5.74, 6) is 1.24. The van der Waals surface area contributed by atoms with Gasteiger partial charge in [-0.15, -0.1) is 0 Å². The number of aliphatic hydroxyl groups is 1. The summed E-state index contributed by atoms with van der Waals surface area (Å²) in [6.45, 7) is 5.32. The van der Waals surface area contributed by atoms with Crippen LogP contribution in [0.15, 0.2) is 12.3 Å². The van der Waals surface area contributed by atoms with Gasteiger partial charge in [-0.3, -0.25) is 14.2 Å². The van der Waals surface area contributed by atoms with Gasteiger partial charge in [0.2, 0.25) is 0 Å². The molecule has 1 aliphatic carbocycles. The molecule has 3 aliphatic rings. The summed E-state index contributed by atoms with van der Waals surface area (Å²) in [6, 6.07) is 2.17. The third-order valence-corrected chi connectivity index (χ3v) is 6.55. The molecule has 29 heavy (non-hydrogen) atoms. The van der Waals surface area contributed by atoms with Gasteiger partial charge in [0.1, 0.15) is 17.4 Å². The Kier molecular flexibility index (Phi) is 4.24. The van der Waals surface area contributed by atoms with E-state index in [2.05, 4.69) is 24.0 Å². The van der Waals surface area contributed by atoms with Crippen LogP contribution in [-0.4, -0.2) is 54.2 Å². The molecule has 1 N–H and O–H groups in total. The predicted octanol–water partition coefficient (Wildman–Crippen LogP) is 2.57. The van der Waals surface area contributed by atoms with Crippen molar-refractivity contribution in [1.29, 1.82) is 0 Å². The van der Waals surface area contributed by atoms with Crippen molar-refractivity contribution in [3.8, 4) is 5.75 Å². The van der Waals surface area contributed by atoms with Crippen LogP contribution in [0.1, 0.15) is 85.9 Å². The van der Waals surface area contributed by atoms with Crippen LogP contribution >= 0.6 is 0 Å². The van der Waals surface area contributed by atoms with E-state index in [-0.39, 0.29) is 11.9 Å². The van der Waals surface area contributed by atoms with E-state index in [1.807, 2.05) is 33.6 Å². The maximum absolute atomic E-state index is 13.0. The van der Waals surface area contributed by atoms with Gasteiger partial charge in [-0.05, 0) is 32.8 Å². The zero-order valence-corrected chi connectivity index (χ0v) is 17.3. The average molecular weight is 399 g/mol. The first kappa shape index (κ1) is 18.7. The van der Waals surface area contributed by atoms with Gasteiger partial charge in [0.05, 0.1) is 6.20 Å². The van der Waals surface area contributed by atoms with Crippen molar-refractivity contribution in [3.63, 3.8) is 0 Å². The molecule has 1 spiro atoms. The molecule has 0 radical (unpaired) electrons. The maximum Gasteiger partial charge on any atom is 0.274 e. The molecule has 1 saturated heterocycles. The summed E-state index contributed by atoms with van der Waals surface area (Å²) in [6.07, 6.45) is 5.55. The fourth-order valence-corrected chi connectivity index (χ4v) is 4.62. The number of ether oxygens (including phenoxy) is 1. The van der Waals surface area contributed by atoms with Gasteiger partial charge in [-0.2, -0.15) is 10.2 Å². The van der Waals surface area contributed by atoms with Crippen molar-refractivity contribution in [3.05, 3.63) is 29.3 Å². The van der Waals surface area contributed by atoms with E-state index < -0.39 is 11.7 Å². The van der Waals surface area contributed by atoms with E-state index in [0.29, 0.717) is 55.4 Å². The van der Waals surface area contributed by atoms with E-state index in [1.54, 1.807) is 0 Å². The molecule has 4 heterocycles. The van der Waals surface area contributed by atoms with Crippen LogP contribution in [0.25, 0.3) is 0 Å². The summed E-state index contributed by atoms with van der Waals surface area (Å²) in [5.41, 5.74) is 1.90. The lowest BCUT2D eigenvalue weighted by Gasteiger charge is -2.44. The number of hydrogen-bond acceptors (Lipinski definition) is 5. The molecule has 2 fully saturated rings. The van der Waals surface area contributed by atoms with Gasteiger partial charge >= 0.3 is 0 Å². The van der Waals surface area contributed by atoms with Crippen molar-refractivity contribution in [1.82, 2.24) is 24.5 Å². The number of carbonyl (C=O) groups excluding carboxylic acids is 1. The quantitative estimate of drug-likeness (QED) is 0.857. The van der Waals surface area contributed by atoms with Gasteiger partial charge < -0.3 is 14.7 Å². The first-order valence-electron chi connectivity index (χ1n) is 10.6. The molecule has 1 unspecified atom stereocenters. The van der Waals surface area contributed by atoms with Crippen molar-refractivity contribution in [2.45, 2.75) is 69.6 Å². The number of rotatable bonds is 3. The van der Waals surface area contributed by atoms with E-state index in [9.17, 15) is 9.90 Å². The number of carbonyl (C=O) groups is 1. The fourth-order valence-electron chi connectivity index (χ4n) is 4.62. The molecule has 1 atom stereocenters. The number of fused-ring (bicyclic) bond motifs is 1. The Labute approximate surface area is 170 Å². The van der Waals surface area contributed by atoms with E-state index in [0.717, 1.165) is 5.69 Å². The van der Waals surface area contributed by atoms with Crippen molar-refractivity contribution >= 4 is 5.91 Å². The molecule has 156 valence electrons. The number of aryl methyl sites for hydroxylation is 1. The zero-order valence-electron chi connectivity index (χ0n) is 17.3. The predicted molar refractivity (Wildman–Crippen MR) is 106 cm³/mol. The minimum absolute atomic E-state index is 0.00738. The second kappa shape index (κ2) is 6.58. The highest BCUT2D eigenvalue weighted by Gasteiger charge is 2.45. The van der Waals surface area contributed by atoms with Gasteiger partial charge in [0, 0.05) is 57.1 Å². The van der Waals surface area contributed by atoms with Crippen LogP contribution in [0.4, 0.5) is 0 Å². The third-order valence-electron chi connectivity index (χ3n) is 6.55. The molecule has 1 amide bonds. The number of hydrogen-bond donors (Lipinski definition) is 1. The molecule has 0 bridgehead atoms. The summed E-state index contributed by atoms with van der Waals surface area (Å²) < 4.78 is 10.0. The van der Waals surface area contributed by atoms with Gasteiger partial charge in [-0.25, -0.2) is 0 Å². The highest BCUT2D eigenvalue weighted by atomic mass is 16.5. The molecular formula is C21H29N5O3. The molecule has 0 aromatic carbocycles. The highest BCUT2D eigenvalue weighted by molar-refractivity contribution is 5.92. The van der Waals surface area contributed by atoms with Crippen molar-refractivity contribution < 1.29 is 14.6 Å². The summed E-state index contributed by atoms with van der Waals surface area (Å²) in [7, 11) is 1.92. The van der Waals surface area contributed by atoms with E-state index >= 15 is 0 Å². The Bertz CT molecular complexity index is 934. The molecule has 8 heteroatoms. The van der Waals surface area contributed by atoms with Crippen LogP contribution in [0.2, 0.25) is 0 Å². The topological polar surface area (TPSA) is 85.4 Å². The molecule has 5 rings (SSSR count). The van der Waals surface area contributed by atoms with Crippen molar-refractivity contribution in [2.75, 3.05) is 13.1 Å². The number of likely N-dealkylation sites (tertiary alicyclic amines) is 1. The lowest BCUT2D eigenvalue weighted by Crippen LogP contribution is -2.51. The Balaban J connectivity index is 1.28. The van der Waals surface area contributed by atoms with Gasteiger partial charge in [-0.1, -0.05) is 0 Å². The third kappa shape index (κ3) is 3.23. The number of aliphatic hydroxyl groups excluding tert-OH is 1. The Morgan fingerprint density at radius 2 is 2.00 bits per heavy atom. The van der Waals surface area contributed by atoms with Gasteiger partial charge in [0.25, 0.3) is 5.91 Å². The Morgan fingerprint density at radius 3 is 2.66 bits per heavy atom. The van der Waals surface area contributed by atoms with Crippen LogP contribution in [0.5, 0.6) is 5.75 Å². The molecule has 8 nitrogen and oxygen atoms in total. The van der Waals surface area contributed by atoms with Crippen LogP contribution in [0.3, 0.4) is 0 Å². The summed E-state index contributed by atoms with van der Waals surface area (Å²) in [5, 5.41) is 19.6. The minimum Gasteiger partial charge on any atom is -0.483 e. The largest absolute Gasteiger partial charge is 0.483 e. The molecule has 1 saturated carbocycles. The molecule has 2 aromatic heterocycles. The normalized spacial score (nSPS) is 23.3. The maximum atomic E-state index is 13.0. The van der Waals surface area contributed by atoms with Crippen LogP contribution in [0, 0.1) is 0 Å².